The molecule has 0 aliphatic heterocycles. The van der Waals surface area contributed by atoms with Gasteiger partial charge in [-0.1, -0.05) is 30.3 Å². The number of nitrogens with one attached hydrogen (secondary N) is 1. The van der Waals surface area contributed by atoms with Crippen molar-refractivity contribution in [3.8, 4) is 11.5 Å². The van der Waals surface area contributed by atoms with Gasteiger partial charge < -0.3 is 10.1 Å². The standard InChI is InChI=1S/C23H19FN2O2S/c24-18-15-17(26-22(27)8-4-7-16-5-2-1-3-6-16)9-10-20(18)28-21-11-13-25-19-12-14-29-23(19)21/h1-3,5-6,9-15H,4,7-8H2,(H,26,27). The van der Waals surface area contributed by atoms with Crippen molar-refractivity contribution in [1.29, 1.82) is 0 Å². The van der Waals surface area contributed by atoms with Crippen molar-refractivity contribution in [1.82, 2.24) is 4.98 Å². The van der Waals surface area contributed by atoms with E-state index in [0.29, 0.717) is 17.9 Å². The number of aryl methyl sites for hydroxylation is 1. The first-order chi connectivity index (χ1) is 14.2. The van der Waals surface area contributed by atoms with Gasteiger partial charge in [0.2, 0.25) is 5.91 Å². The molecule has 4 rings (SSSR count). The summed E-state index contributed by atoms with van der Waals surface area (Å²) in [6.07, 6.45) is 3.57. The Kier molecular flexibility index (Phi) is 5.81. The fourth-order valence-corrected chi connectivity index (χ4v) is 3.83. The van der Waals surface area contributed by atoms with Gasteiger partial charge in [-0.25, -0.2) is 4.39 Å². The maximum absolute atomic E-state index is 14.5. The van der Waals surface area contributed by atoms with Crippen molar-refractivity contribution in [3.63, 3.8) is 0 Å². The molecule has 0 radical (unpaired) electrons. The van der Waals surface area contributed by atoms with Gasteiger partial charge in [0.25, 0.3) is 0 Å². The first-order valence-corrected chi connectivity index (χ1v) is 10.2. The lowest BCUT2D eigenvalue weighted by atomic mass is 10.1. The highest BCUT2D eigenvalue weighted by atomic mass is 32.1. The SMILES string of the molecule is O=C(CCCc1ccccc1)Nc1ccc(Oc2ccnc3ccsc23)c(F)c1. The Morgan fingerprint density at radius 3 is 2.76 bits per heavy atom. The van der Waals surface area contributed by atoms with Gasteiger partial charge in [0.15, 0.2) is 11.6 Å². The number of aromatic nitrogens is 1. The number of hydrogen-bond donors (Lipinski definition) is 1. The molecule has 0 atom stereocenters. The van der Waals surface area contributed by atoms with E-state index in [0.717, 1.165) is 23.1 Å². The number of amides is 1. The van der Waals surface area contributed by atoms with Crippen LogP contribution in [-0.4, -0.2) is 10.9 Å². The topological polar surface area (TPSA) is 51.2 Å². The molecule has 2 heterocycles. The predicted octanol–water partition coefficient (Wildman–Crippen LogP) is 6.19. The maximum Gasteiger partial charge on any atom is 0.224 e. The van der Waals surface area contributed by atoms with E-state index in [-0.39, 0.29) is 11.7 Å². The molecular weight excluding hydrogens is 387 g/mol. The third-order valence-electron chi connectivity index (χ3n) is 4.46. The minimum absolute atomic E-state index is 0.105. The second-order valence-electron chi connectivity index (χ2n) is 6.58. The van der Waals surface area contributed by atoms with Gasteiger partial charge in [-0.2, -0.15) is 0 Å². The van der Waals surface area contributed by atoms with Crippen molar-refractivity contribution >= 4 is 33.1 Å². The molecule has 0 bridgehead atoms. The number of fused-ring (bicyclic) bond motifs is 1. The Labute approximate surface area is 172 Å². The maximum atomic E-state index is 14.5. The van der Waals surface area contributed by atoms with Gasteiger partial charge in [0, 0.05) is 30.4 Å². The Bertz CT molecular complexity index is 1130. The highest BCUT2D eigenvalue weighted by Gasteiger charge is 2.11. The molecular formula is C23H19FN2O2S. The number of pyridine rings is 1. The third kappa shape index (κ3) is 4.78. The summed E-state index contributed by atoms with van der Waals surface area (Å²) in [6, 6.07) is 18.1. The normalized spacial score (nSPS) is 10.8. The molecule has 1 amide bonds. The molecule has 0 aliphatic carbocycles. The summed E-state index contributed by atoms with van der Waals surface area (Å²) in [6.45, 7) is 0. The first-order valence-electron chi connectivity index (χ1n) is 9.32. The average Bonchev–Trinajstić information content (AvgIpc) is 3.21. The van der Waals surface area contributed by atoms with Crippen molar-refractivity contribution in [2.75, 3.05) is 5.32 Å². The molecule has 2 aromatic carbocycles. The lowest BCUT2D eigenvalue weighted by Crippen LogP contribution is -2.11. The second-order valence-corrected chi connectivity index (χ2v) is 7.49. The van der Waals surface area contributed by atoms with Crippen LogP contribution in [0.2, 0.25) is 0 Å². The van der Waals surface area contributed by atoms with Crippen LogP contribution in [0.15, 0.2) is 72.2 Å². The molecule has 146 valence electrons. The van der Waals surface area contributed by atoms with Gasteiger partial charge >= 0.3 is 0 Å². The molecule has 4 aromatic rings. The monoisotopic (exact) mass is 406 g/mol. The number of nitrogens with zero attached hydrogens (tertiary/aromatic N) is 1. The van der Waals surface area contributed by atoms with Gasteiger partial charge in [-0.15, -0.1) is 11.3 Å². The molecule has 0 unspecified atom stereocenters. The lowest BCUT2D eigenvalue weighted by molar-refractivity contribution is -0.116. The zero-order valence-corrected chi connectivity index (χ0v) is 16.4. The molecule has 0 saturated heterocycles. The summed E-state index contributed by atoms with van der Waals surface area (Å²) in [5, 5.41) is 4.66. The number of rotatable bonds is 7. The van der Waals surface area contributed by atoms with Crippen molar-refractivity contribution in [2.24, 2.45) is 0 Å². The fourth-order valence-electron chi connectivity index (χ4n) is 3.03. The van der Waals surface area contributed by atoms with Gasteiger partial charge in [0.1, 0.15) is 5.75 Å². The molecule has 0 saturated carbocycles. The Balaban J connectivity index is 1.35. The van der Waals surface area contributed by atoms with E-state index in [4.69, 9.17) is 4.74 Å². The van der Waals surface area contributed by atoms with Gasteiger partial charge in [0.05, 0.1) is 10.2 Å². The quantitative estimate of drug-likeness (QED) is 0.398. The minimum atomic E-state index is -0.534. The third-order valence-corrected chi connectivity index (χ3v) is 5.37. The number of anilines is 1. The van der Waals surface area contributed by atoms with Crippen LogP contribution in [0, 0.1) is 5.82 Å². The van der Waals surface area contributed by atoms with Crippen LogP contribution in [-0.2, 0) is 11.2 Å². The van der Waals surface area contributed by atoms with E-state index in [2.05, 4.69) is 10.3 Å². The first kappa shape index (κ1) is 19.1. The fraction of sp³-hybridized carbons (Fsp3) is 0.130. The van der Waals surface area contributed by atoms with Gasteiger partial charge in [-0.05, 0) is 42.0 Å². The highest BCUT2D eigenvalue weighted by Crippen LogP contribution is 2.34. The summed E-state index contributed by atoms with van der Waals surface area (Å²) in [5.41, 5.74) is 2.42. The van der Waals surface area contributed by atoms with E-state index in [1.807, 2.05) is 41.8 Å². The predicted molar refractivity (Wildman–Crippen MR) is 114 cm³/mol. The van der Waals surface area contributed by atoms with Crippen LogP contribution in [0.1, 0.15) is 18.4 Å². The van der Waals surface area contributed by atoms with Crippen LogP contribution in [0.4, 0.5) is 10.1 Å². The zero-order valence-electron chi connectivity index (χ0n) is 15.6. The summed E-state index contributed by atoms with van der Waals surface area (Å²) in [4.78, 5) is 16.4. The largest absolute Gasteiger partial charge is 0.453 e. The van der Waals surface area contributed by atoms with Crippen LogP contribution in [0.25, 0.3) is 10.2 Å². The molecule has 0 spiro atoms. The van der Waals surface area contributed by atoms with E-state index < -0.39 is 5.82 Å². The van der Waals surface area contributed by atoms with E-state index in [1.54, 1.807) is 18.3 Å². The van der Waals surface area contributed by atoms with Gasteiger partial charge in [-0.3, -0.25) is 9.78 Å². The Hall–Kier alpha value is -3.25. The van der Waals surface area contributed by atoms with E-state index >= 15 is 0 Å². The van der Waals surface area contributed by atoms with Crippen molar-refractivity contribution in [3.05, 3.63) is 83.6 Å². The summed E-state index contributed by atoms with van der Waals surface area (Å²) in [5.74, 6) is -0.00777. The molecule has 4 nitrogen and oxygen atoms in total. The summed E-state index contributed by atoms with van der Waals surface area (Å²) < 4.78 is 21.1. The molecule has 0 fully saturated rings. The van der Waals surface area contributed by atoms with Crippen LogP contribution >= 0.6 is 11.3 Å². The van der Waals surface area contributed by atoms with Crippen LogP contribution < -0.4 is 10.1 Å². The Morgan fingerprint density at radius 2 is 1.93 bits per heavy atom. The van der Waals surface area contributed by atoms with Crippen molar-refractivity contribution < 1.29 is 13.9 Å². The summed E-state index contributed by atoms with van der Waals surface area (Å²) in [7, 11) is 0. The number of carbonyl (C=O) groups is 1. The number of benzene rings is 2. The molecule has 2 aromatic heterocycles. The van der Waals surface area contributed by atoms with Crippen LogP contribution in [0.3, 0.4) is 0 Å². The number of carbonyl (C=O) groups excluding carboxylic acids is 1. The number of ether oxygens (including phenoxy) is 1. The van der Waals surface area contributed by atoms with Crippen LogP contribution in [0.5, 0.6) is 11.5 Å². The number of thiophene rings is 1. The smallest absolute Gasteiger partial charge is 0.224 e. The molecule has 6 heteroatoms. The van der Waals surface area contributed by atoms with Crippen molar-refractivity contribution in [2.45, 2.75) is 19.3 Å². The zero-order chi connectivity index (χ0) is 20.1. The average molecular weight is 406 g/mol. The van der Waals surface area contributed by atoms with E-state index in [1.165, 1.54) is 29.0 Å². The molecule has 29 heavy (non-hydrogen) atoms. The Morgan fingerprint density at radius 1 is 1.07 bits per heavy atom. The summed E-state index contributed by atoms with van der Waals surface area (Å²) >= 11 is 1.49. The lowest BCUT2D eigenvalue weighted by Gasteiger charge is -2.10. The highest BCUT2D eigenvalue weighted by molar-refractivity contribution is 7.17. The minimum Gasteiger partial charge on any atom is -0.453 e. The molecule has 0 aliphatic rings. The molecule has 1 N–H and O–H groups in total. The van der Waals surface area contributed by atoms with E-state index in [9.17, 15) is 9.18 Å². The number of hydrogen-bond acceptors (Lipinski definition) is 4. The second kappa shape index (κ2) is 8.84. The number of halogens is 1.